The quantitative estimate of drug-likeness (QED) is 0.721. The summed E-state index contributed by atoms with van der Waals surface area (Å²) in [6.45, 7) is 2.04. The second-order valence-corrected chi connectivity index (χ2v) is 7.29. The molecule has 1 N–H and O–H groups in total. The van der Waals surface area contributed by atoms with Crippen LogP contribution in [0, 0.1) is 10.2 Å². The van der Waals surface area contributed by atoms with E-state index in [1.54, 1.807) is 6.08 Å². The van der Waals surface area contributed by atoms with Gasteiger partial charge in [0.1, 0.15) is 6.10 Å². The van der Waals surface area contributed by atoms with Crippen LogP contribution in [0.5, 0.6) is 11.5 Å². The number of alkyl halides is 3. The Morgan fingerprint density at radius 2 is 1.65 bits per heavy atom. The molecule has 166 valence electrons. The third-order valence-corrected chi connectivity index (χ3v) is 4.26. The van der Waals surface area contributed by atoms with Crippen LogP contribution >= 0.6 is 0 Å². The van der Waals surface area contributed by atoms with E-state index in [9.17, 15) is 13.2 Å². The highest BCUT2D eigenvalue weighted by atomic mass is 35.7. The molecule has 0 aromatic heterocycles. The summed E-state index contributed by atoms with van der Waals surface area (Å²) in [5.41, 5.74) is 1.89. The van der Waals surface area contributed by atoms with E-state index in [0.29, 0.717) is 17.1 Å². The summed E-state index contributed by atoms with van der Waals surface area (Å²) in [7, 11) is -4.69. The first kappa shape index (κ1) is 22.9. The van der Waals surface area contributed by atoms with Gasteiger partial charge in [-0.2, -0.15) is 27.1 Å². The largest absolute Gasteiger partial charge is 0.486 e. The molecule has 0 radical (unpaired) electrons. The molecule has 0 amide bonds. The smallest absolute Gasteiger partial charge is 0.416 e. The van der Waals surface area contributed by atoms with Crippen molar-refractivity contribution in [2.45, 2.75) is 19.2 Å². The fraction of sp³-hybridized carbons (Fsp3) is 0.200. The molecule has 31 heavy (non-hydrogen) atoms. The van der Waals surface area contributed by atoms with Gasteiger partial charge in [-0.1, -0.05) is 18.2 Å². The highest BCUT2D eigenvalue weighted by Crippen LogP contribution is 2.41. The Morgan fingerprint density at radius 1 is 1.06 bits per heavy atom. The highest BCUT2D eigenvalue weighted by molar-refractivity contribution is 5.65. The van der Waals surface area contributed by atoms with Gasteiger partial charge < -0.3 is 14.2 Å². The second-order valence-electron chi connectivity index (χ2n) is 6.50. The number of ether oxygens (including phenoxy) is 3. The minimum absolute atomic E-state index is 0.188. The minimum atomic E-state index is -4.69. The number of benzene rings is 2. The van der Waals surface area contributed by atoms with E-state index in [0.717, 1.165) is 29.0 Å². The molecule has 0 spiro atoms. The average molecular weight is 461 g/mol. The molecule has 7 nitrogen and oxygen atoms in total. The first-order valence-electron chi connectivity index (χ1n) is 8.67. The van der Waals surface area contributed by atoms with Gasteiger partial charge in [0.2, 0.25) is 6.79 Å². The second kappa shape index (κ2) is 8.77. The van der Waals surface area contributed by atoms with Gasteiger partial charge >= 0.3 is 6.18 Å². The number of halogens is 4. The lowest BCUT2D eigenvalue weighted by Gasteiger charge is -2.24. The molecule has 0 saturated heterocycles. The van der Waals surface area contributed by atoms with Gasteiger partial charge in [0.15, 0.2) is 11.5 Å². The zero-order chi connectivity index (χ0) is 22.8. The molecule has 0 saturated carbocycles. The normalized spacial score (nSPS) is 17.4. The van der Waals surface area contributed by atoms with Crippen molar-refractivity contribution < 1.29 is 56.3 Å². The van der Waals surface area contributed by atoms with Crippen molar-refractivity contribution in [2.24, 2.45) is 0 Å². The molecule has 2 aromatic rings. The van der Waals surface area contributed by atoms with E-state index in [1.165, 1.54) is 12.1 Å². The zero-order valence-corrected chi connectivity index (χ0v) is 16.6. The summed E-state index contributed by atoms with van der Waals surface area (Å²) in [5.74, 6) is 2.10. The number of fused-ring (bicyclic) bond motifs is 2. The van der Waals surface area contributed by atoms with Gasteiger partial charge in [0.25, 0.3) is 0 Å². The average Bonchev–Trinajstić information content (AvgIpc) is 3.10. The van der Waals surface area contributed by atoms with Gasteiger partial charge in [0.05, 0.1) is 26.2 Å². The molecular formula is C20H16ClF3O7. The molecule has 0 fully saturated rings. The fourth-order valence-electron chi connectivity index (χ4n) is 2.99. The van der Waals surface area contributed by atoms with Crippen molar-refractivity contribution in [2.75, 3.05) is 6.79 Å². The number of hydrogen-bond acceptors (Lipinski definition) is 7. The number of rotatable bonds is 2. The summed E-state index contributed by atoms with van der Waals surface area (Å²) in [6, 6.07) is 8.79. The molecule has 0 aliphatic carbocycles. The van der Waals surface area contributed by atoms with Crippen LogP contribution in [0.3, 0.4) is 0 Å². The predicted octanol–water partition coefficient (Wildman–Crippen LogP) is 1.46. The van der Waals surface area contributed by atoms with Gasteiger partial charge in [-0.05, 0) is 54.5 Å². The van der Waals surface area contributed by atoms with Crippen LogP contribution in [-0.4, -0.2) is 11.5 Å². The molecule has 2 heterocycles. The number of allylic oxidation sites excluding steroid dienone is 1. The van der Waals surface area contributed by atoms with Crippen molar-refractivity contribution in [3.63, 3.8) is 0 Å². The van der Waals surface area contributed by atoms with Gasteiger partial charge in [-0.15, -0.1) is 0 Å². The standard InChI is InChI=1S/C20H15F3O3.ClHO4/c1-12-8-14-9-18-19(25-11-24-18)10-16(14)17(26-12)7-4-13-2-5-15(6-3-13)20(21,22)23;2-1(3,4)5/h2-10,17H,11H2,1H3;(H,2,3,4,5). The van der Waals surface area contributed by atoms with Crippen molar-refractivity contribution in [1.29, 1.82) is 0 Å². The molecule has 4 rings (SSSR count). The monoisotopic (exact) mass is 460 g/mol. The van der Waals surface area contributed by atoms with Crippen LogP contribution in [0.15, 0.2) is 48.2 Å². The lowest BCUT2D eigenvalue weighted by atomic mass is 9.97. The van der Waals surface area contributed by atoms with Crippen molar-refractivity contribution >= 4 is 12.2 Å². The Hall–Kier alpha value is -2.76. The molecular weight excluding hydrogens is 445 g/mol. The molecule has 1 unspecified atom stereocenters. The number of hydrogen-bond donors (Lipinski definition) is 1. The lowest BCUT2D eigenvalue weighted by Crippen LogP contribution is -2.58. The molecule has 2 aromatic carbocycles. The molecule has 0 bridgehead atoms. The Kier molecular flexibility index (Phi) is 6.48. The van der Waals surface area contributed by atoms with Crippen LogP contribution in [0.1, 0.15) is 35.3 Å². The van der Waals surface area contributed by atoms with Crippen molar-refractivity contribution in [1.82, 2.24) is 0 Å². The highest BCUT2D eigenvalue weighted by Gasteiger charge is 2.30. The summed E-state index contributed by atoms with van der Waals surface area (Å²) in [4.78, 5) is 0. The van der Waals surface area contributed by atoms with Crippen molar-refractivity contribution in [3.05, 3.63) is 70.5 Å². The summed E-state index contributed by atoms with van der Waals surface area (Å²) < 4.78 is 87.4. The third kappa shape index (κ3) is 6.36. The molecule has 1 atom stereocenters. The van der Waals surface area contributed by atoms with E-state index in [4.69, 9.17) is 32.8 Å². The summed E-state index contributed by atoms with van der Waals surface area (Å²) >= 11 is 0. The van der Waals surface area contributed by atoms with Gasteiger partial charge in [-0.3, -0.25) is 0 Å². The van der Waals surface area contributed by atoms with Crippen LogP contribution in [0.25, 0.3) is 12.2 Å². The first-order valence-corrected chi connectivity index (χ1v) is 9.94. The van der Waals surface area contributed by atoms with Crippen molar-refractivity contribution in [3.8, 4) is 11.5 Å². The van der Waals surface area contributed by atoms with E-state index in [-0.39, 0.29) is 12.9 Å². The Morgan fingerprint density at radius 3 is 2.23 bits per heavy atom. The Balaban J connectivity index is 0.000000491. The minimum Gasteiger partial charge on any atom is -0.486 e. The third-order valence-electron chi connectivity index (χ3n) is 4.26. The van der Waals surface area contributed by atoms with Crippen LogP contribution in [-0.2, 0) is 10.9 Å². The molecule has 11 heteroatoms. The van der Waals surface area contributed by atoms with Crippen LogP contribution in [0.2, 0.25) is 0 Å². The lowest BCUT2D eigenvalue weighted by molar-refractivity contribution is -1.92. The topological polar surface area (TPSA) is 117 Å². The van der Waals surface area contributed by atoms with Gasteiger partial charge in [0, 0.05) is 5.56 Å². The van der Waals surface area contributed by atoms with Crippen LogP contribution < -0.4 is 23.5 Å². The SMILES string of the molecule is CC1=Cc2cc3c(cc2C(C=Cc2ccc(C(F)(F)F)cc2)O1)OCO3.[O-][Cl+3]([O-])([O-])O. The van der Waals surface area contributed by atoms with E-state index in [2.05, 4.69) is 0 Å². The Bertz CT molecular complexity index is 990. The maximum atomic E-state index is 12.6. The fourth-order valence-corrected chi connectivity index (χ4v) is 2.99. The summed E-state index contributed by atoms with van der Waals surface area (Å²) in [5, 5.41) is 0. The Labute approximate surface area is 176 Å². The van der Waals surface area contributed by atoms with E-state index < -0.39 is 22.0 Å². The van der Waals surface area contributed by atoms with E-state index in [1.807, 2.05) is 31.2 Å². The molecule has 2 aliphatic heterocycles. The molecule has 2 aliphatic rings. The van der Waals surface area contributed by atoms with E-state index >= 15 is 0 Å². The first-order chi connectivity index (χ1) is 14.4. The summed E-state index contributed by atoms with van der Waals surface area (Å²) in [6.07, 6.45) is 0.794. The zero-order valence-electron chi connectivity index (χ0n) is 15.9. The maximum Gasteiger partial charge on any atom is 0.416 e. The predicted molar refractivity (Wildman–Crippen MR) is 92.7 cm³/mol. The maximum absolute atomic E-state index is 12.6. The van der Waals surface area contributed by atoms with Crippen LogP contribution in [0.4, 0.5) is 13.2 Å². The van der Waals surface area contributed by atoms with Gasteiger partial charge in [-0.25, -0.2) is 0 Å².